The minimum absolute atomic E-state index is 0.0105. The SMILES string of the molecule is Cc1cc(Cn2ccccc2=O)n(C)n1. The summed E-state index contributed by atoms with van der Waals surface area (Å²) in [7, 11) is 1.89. The molecule has 0 amide bonds. The molecular formula is C11H13N3O. The van der Waals surface area contributed by atoms with Crippen LogP contribution in [0.15, 0.2) is 35.3 Å². The van der Waals surface area contributed by atoms with E-state index in [2.05, 4.69) is 5.10 Å². The van der Waals surface area contributed by atoms with Crippen LogP contribution in [0, 0.1) is 6.92 Å². The first-order valence-corrected chi connectivity index (χ1v) is 4.82. The average molecular weight is 203 g/mol. The monoisotopic (exact) mass is 203 g/mol. The van der Waals surface area contributed by atoms with Crippen LogP contribution < -0.4 is 5.56 Å². The van der Waals surface area contributed by atoms with Gasteiger partial charge in [0.1, 0.15) is 0 Å². The third-order valence-corrected chi connectivity index (χ3v) is 2.33. The molecule has 0 aliphatic carbocycles. The van der Waals surface area contributed by atoms with E-state index in [-0.39, 0.29) is 5.56 Å². The molecule has 0 atom stereocenters. The van der Waals surface area contributed by atoms with Crippen LogP contribution in [0.25, 0.3) is 0 Å². The van der Waals surface area contributed by atoms with Crippen LogP contribution in [0.3, 0.4) is 0 Å². The van der Waals surface area contributed by atoms with Gasteiger partial charge in [0.05, 0.1) is 17.9 Å². The highest BCUT2D eigenvalue weighted by molar-refractivity contribution is 5.09. The minimum atomic E-state index is 0.0105. The molecule has 0 spiro atoms. The summed E-state index contributed by atoms with van der Waals surface area (Å²) in [6.45, 7) is 2.51. The second-order valence-electron chi connectivity index (χ2n) is 3.57. The van der Waals surface area contributed by atoms with Crippen molar-refractivity contribution in [2.24, 2.45) is 7.05 Å². The maximum Gasteiger partial charge on any atom is 0.250 e. The summed E-state index contributed by atoms with van der Waals surface area (Å²) in [5.41, 5.74) is 2.01. The van der Waals surface area contributed by atoms with Crippen LogP contribution in [0.1, 0.15) is 11.4 Å². The maximum absolute atomic E-state index is 11.5. The van der Waals surface area contributed by atoms with Gasteiger partial charge in [-0.15, -0.1) is 0 Å². The first-order chi connectivity index (χ1) is 7.16. The summed E-state index contributed by atoms with van der Waals surface area (Å²) in [5, 5.41) is 4.24. The van der Waals surface area contributed by atoms with Crippen molar-refractivity contribution in [1.82, 2.24) is 14.3 Å². The lowest BCUT2D eigenvalue weighted by atomic mass is 10.3. The Kier molecular flexibility index (Phi) is 2.41. The molecule has 0 radical (unpaired) electrons. The summed E-state index contributed by atoms with van der Waals surface area (Å²) >= 11 is 0. The topological polar surface area (TPSA) is 39.8 Å². The second kappa shape index (κ2) is 3.73. The van der Waals surface area contributed by atoms with E-state index in [4.69, 9.17) is 0 Å². The highest BCUT2D eigenvalue weighted by Crippen LogP contribution is 2.02. The number of rotatable bonds is 2. The Morgan fingerprint density at radius 3 is 2.80 bits per heavy atom. The van der Waals surface area contributed by atoms with Gasteiger partial charge in [-0.2, -0.15) is 5.10 Å². The third kappa shape index (κ3) is 1.98. The van der Waals surface area contributed by atoms with E-state index in [1.165, 1.54) is 0 Å². The Bertz CT molecular complexity index is 525. The molecule has 2 aromatic rings. The molecule has 2 aromatic heterocycles. The van der Waals surface area contributed by atoms with Crippen molar-refractivity contribution in [3.05, 3.63) is 52.2 Å². The van der Waals surface area contributed by atoms with Crippen LogP contribution in [0.5, 0.6) is 0 Å². The molecule has 4 nitrogen and oxygen atoms in total. The molecule has 2 heterocycles. The van der Waals surface area contributed by atoms with Crippen LogP contribution in [-0.4, -0.2) is 14.3 Å². The van der Waals surface area contributed by atoms with Crippen molar-refractivity contribution < 1.29 is 0 Å². The Morgan fingerprint density at radius 1 is 1.40 bits per heavy atom. The maximum atomic E-state index is 11.5. The Labute approximate surface area is 87.8 Å². The molecule has 0 fully saturated rings. The van der Waals surface area contributed by atoms with Crippen LogP contribution in [-0.2, 0) is 13.6 Å². The van der Waals surface area contributed by atoms with E-state index in [0.29, 0.717) is 6.54 Å². The van der Waals surface area contributed by atoms with Gasteiger partial charge in [-0.05, 0) is 19.1 Å². The van der Waals surface area contributed by atoms with Gasteiger partial charge in [0.25, 0.3) is 5.56 Å². The Balaban J connectivity index is 2.34. The highest BCUT2D eigenvalue weighted by atomic mass is 16.1. The second-order valence-corrected chi connectivity index (χ2v) is 3.57. The molecule has 2 rings (SSSR count). The summed E-state index contributed by atoms with van der Waals surface area (Å²) in [6.07, 6.45) is 1.78. The summed E-state index contributed by atoms with van der Waals surface area (Å²) in [5.74, 6) is 0. The van der Waals surface area contributed by atoms with Gasteiger partial charge in [-0.3, -0.25) is 9.48 Å². The van der Waals surface area contributed by atoms with E-state index < -0.39 is 0 Å². The quantitative estimate of drug-likeness (QED) is 0.728. The van der Waals surface area contributed by atoms with Crippen LogP contribution in [0.2, 0.25) is 0 Å². The molecule has 0 aliphatic heterocycles. The first-order valence-electron chi connectivity index (χ1n) is 4.82. The first kappa shape index (κ1) is 9.71. The van der Waals surface area contributed by atoms with E-state index in [1.54, 1.807) is 27.6 Å². The smallest absolute Gasteiger partial charge is 0.250 e. The zero-order chi connectivity index (χ0) is 10.8. The van der Waals surface area contributed by atoms with E-state index in [0.717, 1.165) is 11.4 Å². The molecule has 0 unspecified atom stereocenters. The van der Waals surface area contributed by atoms with E-state index >= 15 is 0 Å². The lowest BCUT2D eigenvalue weighted by molar-refractivity contribution is 0.651. The van der Waals surface area contributed by atoms with Gasteiger partial charge in [-0.1, -0.05) is 6.07 Å². The van der Waals surface area contributed by atoms with Gasteiger partial charge in [-0.25, -0.2) is 0 Å². The van der Waals surface area contributed by atoms with Gasteiger partial charge >= 0.3 is 0 Å². The van der Waals surface area contributed by atoms with Gasteiger partial charge in [0.2, 0.25) is 0 Å². The normalized spacial score (nSPS) is 10.5. The molecule has 0 aliphatic rings. The number of hydrogen-bond donors (Lipinski definition) is 0. The number of pyridine rings is 1. The standard InChI is InChI=1S/C11H13N3O/c1-9-7-10(13(2)12-9)8-14-6-4-3-5-11(14)15/h3-7H,8H2,1-2H3. The van der Waals surface area contributed by atoms with Crippen molar-refractivity contribution in [3.63, 3.8) is 0 Å². The van der Waals surface area contributed by atoms with Crippen LogP contribution in [0.4, 0.5) is 0 Å². The molecular weight excluding hydrogens is 190 g/mol. The molecule has 0 saturated heterocycles. The zero-order valence-electron chi connectivity index (χ0n) is 8.84. The lowest BCUT2D eigenvalue weighted by Gasteiger charge is -2.04. The van der Waals surface area contributed by atoms with Gasteiger partial charge < -0.3 is 4.57 Å². The average Bonchev–Trinajstić information content (AvgIpc) is 2.49. The summed E-state index contributed by atoms with van der Waals surface area (Å²) in [4.78, 5) is 11.5. The fourth-order valence-corrected chi connectivity index (χ4v) is 1.58. The molecule has 0 aromatic carbocycles. The van der Waals surface area contributed by atoms with Crippen molar-refractivity contribution in [3.8, 4) is 0 Å². The molecule has 0 bridgehead atoms. The Hall–Kier alpha value is -1.84. The third-order valence-electron chi connectivity index (χ3n) is 2.33. The summed E-state index contributed by atoms with van der Waals surface area (Å²) < 4.78 is 3.46. The number of aryl methyl sites for hydroxylation is 2. The van der Waals surface area contributed by atoms with E-state index in [9.17, 15) is 4.79 Å². The number of nitrogens with zero attached hydrogens (tertiary/aromatic N) is 3. The van der Waals surface area contributed by atoms with E-state index in [1.807, 2.05) is 26.1 Å². The largest absolute Gasteiger partial charge is 0.310 e. The molecule has 78 valence electrons. The highest BCUT2D eigenvalue weighted by Gasteiger charge is 2.03. The molecule has 15 heavy (non-hydrogen) atoms. The van der Waals surface area contributed by atoms with Crippen LogP contribution >= 0.6 is 0 Å². The number of aromatic nitrogens is 3. The zero-order valence-corrected chi connectivity index (χ0v) is 8.84. The van der Waals surface area contributed by atoms with Crippen molar-refractivity contribution in [2.75, 3.05) is 0 Å². The van der Waals surface area contributed by atoms with Crippen molar-refractivity contribution in [2.45, 2.75) is 13.5 Å². The number of hydrogen-bond acceptors (Lipinski definition) is 2. The molecule has 0 saturated carbocycles. The lowest BCUT2D eigenvalue weighted by Crippen LogP contribution is -2.19. The predicted octanol–water partition coefficient (Wildman–Crippen LogP) is 0.939. The fourth-order valence-electron chi connectivity index (χ4n) is 1.58. The van der Waals surface area contributed by atoms with Gasteiger partial charge in [0.15, 0.2) is 0 Å². The van der Waals surface area contributed by atoms with Gasteiger partial charge in [0, 0.05) is 19.3 Å². The molecule has 4 heteroatoms. The minimum Gasteiger partial charge on any atom is -0.310 e. The molecule has 0 N–H and O–H groups in total. The van der Waals surface area contributed by atoms with Crippen molar-refractivity contribution in [1.29, 1.82) is 0 Å². The summed E-state index contributed by atoms with van der Waals surface area (Å²) in [6, 6.07) is 7.14. The van der Waals surface area contributed by atoms with Crippen molar-refractivity contribution >= 4 is 0 Å². The Morgan fingerprint density at radius 2 is 2.20 bits per heavy atom. The fraction of sp³-hybridized carbons (Fsp3) is 0.273. The predicted molar refractivity (Wildman–Crippen MR) is 57.7 cm³/mol.